The van der Waals surface area contributed by atoms with E-state index in [0.717, 1.165) is 5.56 Å². The van der Waals surface area contributed by atoms with E-state index in [1.165, 1.54) is 4.90 Å². The van der Waals surface area contributed by atoms with E-state index in [9.17, 15) is 19.2 Å². The number of piperidine rings is 1. The molecule has 1 aromatic carbocycles. The van der Waals surface area contributed by atoms with Gasteiger partial charge < -0.3 is 16.0 Å². The van der Waals surface area contributed by atoms with Gasteiger partial charge in [-0.2, -0.15) is 0 Å². The van der Waals surface area contributed by atoms with Gasteiger partial charge in [-0.15, -0.1) is 12.4 Å². The zero-order chi connectivity index (χ0) is 19.8. The molecule has 2 aliphatic rings. The van der Waals surface area contributed by atoms with E-state index in [1.54, 1.807) is 18.2 Å². The molecule has 3 rings (SSSR count). The molecule has 0 aliphatic carbocycles. The molecule has 0 radical (unpaired) electrons. The predicted molar refractivity (Wildman–Crippen MR) is 105 cm³/mol. The molecule has 0 aromatic heterocycles. The first-order chi connectivity index (χ1) is 12.7. The summed E-state index contributed by atoms with van der Waals surface area (Å²) < 4.78 is 0. The Hall–Kier alpha value is -2.45. The molecule has 1 saturated heterocycles. The molecule has 4 N–H and O–H groups in total. The third-order valence-electron chi connectivity index (χ3n) is 5.07. The maximum atomic E-state index is 12.8. The molecule has 1 aromatic rings. The molecule has 1 fully saturated rings. The Balaban J connectivity index is 0.00000280. The van der Waals surface area contributed by atoms with Gasteiger partial charge in [-0.1, -0.05) is 19.9 Å². The summed E-state index contributed by atoms with van der Waals surface area (Å²) in [4.78, 5) is 50.0. The zero-order valence-electron chi connectivity index (χ0n) is 15.9. The quantitative estimate of drug-likeness (QED) is 0.615. The molecule has 1 unspecified atom stereocenters. The van der Waals surface area contributed by atoms with E-state index in [1.807, 2.05) is 13.8 Å². The molecule has 9 heteroatoms. The van der Waals surface area contributed by atoms with Crippen LogP contribution in [0, 0.1) is 5.41 Å². The second kappa shape index (κ2) is 8.28. The highest BCUT2D eigenvalue weighted by atomic mass is 35.5. The molecule has 0 saturated carbocycles. The Morgan fingerprint density at radius 3 is 2.68 bits per heavy atom. The Morgan fingerprint density at radius 1 is 1.32 bits per heavy atom. The SMILES string of the molecule is CC(C)(CN)CNC(=O)c1ccc2c(c1)C(=O)N(C1CCC(=O)NC1=O)C2.Cl. The average molecular weight is 409 g/mol. The number of rotatable bonds is 5. The van der Waals surface area contributed by atoms with Crippen LogP contribution >= 0.6 is 12.4 Å². The summed E-state index contributed by atoms with van der Waals surface area (Å²) in [5.74, 6) is -1.34. The highest BCUT2D eigenvalue weighted by Gasteiger charge is 2.39. The predicted octanol–water partition coefficient (Wildman–Crippen LogP) is 0.584. The van der Waals surface area contributed by atoms with Crippen molar-refractivity contribution in [2.24, 2.45) is 11.1 Å². The van der Waals surface area contributed by atoms with Gasteiger partial charge in [0.2, 0.25) is 11.8 Å². The number of imide groups is 1. The molecule has 28 heavy (non-hydrogen) atoms. The summed E-state index contributed by atoms with van der Waals surface area (Å²) in [5, 5.41) is 5.11. The van der Waals surface area contributed by atoms with E-state index in [-0.39, 0.29) is 42.0 Å². The second-order valence-electron chi connectivity index (χ2n) is 7.82. The number of benzene rings is 1. The lowest BCUT2D eigenvalue weighted by Gasteiger charge is -2.29. The highest BCUT2D eigenvalue weighted by molar-refractivity contribution is 6.06. The van der Waals surface area contributed by atoms with Crippen molar-refractivity contribution < 1.29 is 19.2 Å². The fourth-order valence-corrected chi connectivity index (χ4v) is 3.19. The topological polar surface area (TPSA) is 122 Å². The standard InChI is InChI=1S/C19H24N4O4.ClH/c1-19(2,9-20)10-21-16(25)11-3-4-12-8-23(18(27)13(12)7-11)14-5-6-15(24)22-17(14)26;/h3-4,7,14H,5-6,8-10,20H2,1-2H3,(H,21,25)(H,22,24,26);1H. The number of nitrogens with two attached hydrogens (primary N) is 1. The van der Waals surface area contributed by atoms with Crippen LogP contribution in [0.1, 0.15) is 53.0 Å². The maximum absolute atomic E-state index is 12.8. The molecule has 152 valence electrons. The van der Waals surface area contributed by atoms with Crippen LogP contribution in [0.4, 0.5) is 0 Å². The summed E-state index contributed by atoms with van der Waals surface area (Å²) in [6.45, 7) is 5.07. The molecule has 0 spiro atoms. The summed E-state index contributed by atoms with van der Waals surface area (Å²) in [6, 6.07) is 4.31. The Labute approximate surface area is 169 Å². The molecule has 1 atom stereocenters. The summed E-state index contributed by atoms with van der Waals surface area (Å²) in [7, 11) is 0. The molecule has 8 nitrogen and oxygen atoms in total. The lowest BCUT2D eigenvalue weighted by atomic mass is 9.94. The maximum Gasteiger partial charge on any atom is 0.255 e. The fraction of sp³-hybridized carbons (Fsp3) is 0.474. The third-order valence-corrected chi connectivity index (χ3v) is 5.07. The van der Waals surface area contributed by atoms with Gasteiger partial charge in [-0.3, -0.25) is 24.5 Å². The van der Waals surface area contributed by atoms with Crippen molar-refractivity contribution in [3.05, 3.63) is 34.9 Å². The number of nitrogens with zero attached hydrogens (tertiary/aromatic N) is 1. The smallest absolute Gasteiger partial charge is 0.255 e. The van der Waals surface area contributed by atoms with Crippen LogP contribution in [0.2, 0.25) is 0 Å². The minimum absolute atomic E-state index is 0. The number of nitrogens with one attached hydrogen (secondary N) is 2. The largest absolute Gasteiger partial charge is 0.351 e. The van der Waals surface area contributed by atoms with Crippen molar-refractivity contribution in [3.8, 4) is 0 Å². The number of amides is 4. The second-order valence-corrected chi connectivity index (χ2v) is 7.82. The lowest BCUT2D eigenvalue weighted by molar-refractivity contribution is -0.136. The van der Waals surface area contributed by atoms with Crippen molar-refractivity contribution in [3.63, 3.8) is 0 Å². The first-order valence-electron chi connectivity index (χ1n) is 8.98. The number of hydrogen-bond acceptors (Lipinski definition) is 5. The van der Waals surface area contributed by atoms with Gasteiger partial charge >= 0.3 is 0 Å². The van der Waals surface area contributed by atoms with E-state index in [2.05, 4.69) is 10.6 Å². The molecule has 2 heterocycles. The number of halogens is 1. The van der Waals surface area contributed by atoms with Crippen LogP contribution in [-0.4, -0.2) is 47.7 Å². The summed E-state index contributed by atoms with van der Waals surface area (Å²) >= 11 is 0. The van der Waals surface area contributed by atoms with Crippen LogP contribution in [-0.2, 0) is 16.1 Å². The lowest BCUT2D eigenvalue weighted by Crippen LogP contribution is -2.52. The number of carbonyl (C=O) groups excluding carboxylic acids is 4. The van der Waals surface area contributed by atoms with Crippen LogP contribution in [0.25, 0.3) is 0 Å². The van der Waals surface area contributed by atoms with E-state index < -0.39 is 11.9 Å². The Kier molecular flexibility index (Phi) is 6.46. The Bertz CT molecular complexity index is 824. The third kappa shape index (κ3) is 4.34. The van der Waals surface area contributed by atoms with Crippen molar-refractivity contribution in [1.82, 2.24) is 15.5 Å². The zero-order valence-corrected chi connectivity index (χ0v) is 16.7. The molecule has 2 aliphatic heterocycles. The van der Waals surface area contributed by atoms with Crippen molar-refractivity contribution in [2.45, 2.75) is 39.3 Å². The van der Waals surface area contributed by atoms with Crippen molar-refractivity contribution in [2.75, 3.05) is 13.1 Å². The Morgan fingerprint density at radius 2 is 2.04 bits per heavy atom. The number of fused-ring (bicyclic) bond motifs is 1. The van der Waals surface area contributed by atoms with E-state index in [0.29, 0.717) is 37.2 Å². The van der Waals surface area contributed by atoms with Gasteiger partial charge in [0.15, 0.2) is 0 Å². The highest BCUT2D eigenvalue weighted by Crippen LogP contribution is 2.28. The molecular weight excluding hydrogens is 384 g/mol. The van der Waals surface area contributed by atoms with Crippen LogP contribution in [0.15, 0.2) is 18.2 Å². The van der Waals surface area contributed by atoms with Crippen LogP contribution < -0.4 is 16.4 Å². The molecular formula is C19H25ClN4O4. The van der Waals surface area contributed by atoms with Gasteiger partial charge in [0.25, 0.3) is 11.8 Å². The van der Waals surface area contributed by atoms with Crippen molar-refractivity contribution in [1.29, 1.82) is 0 Å². The summed E-state index contributed by atoms with van der Waals surface area (Å²) in [5.41, 5.74) is 7.03. The van der Waals surface area contributed by atoms with Gasteiger partial charge in [0, 0.05) is 30.6 Å². The normalized spacial score (nSPS) is 19.0. The first-order valence-corrected chi connectivity index (χ1v) is 8.98. The monoisotopic (exact) mass is 408 g/mol. The van der Waals surface area contributed by atoms with Gasteiger partial charge in [0.05, 0.1) is 0 Å². The van der Waals surface area contributed by atoms with Crippen LogP contribution in [0.3, 0.4) is 0 Å². The van der Waals surface area contributed by atoms with Gasteiger partial charge in [-0.05, 0) is 36.1 Å². The number of carbonyl (C=O) groups is 4. The molecule has 0 bridgehead atoms. The van der Waals surface area contributed by atoms with Gasteiger partial charge in [0.1, 0.15) is 6.04 Å². The van der Waals surface area contributed by atoms with Crippen LogP contribution in [0.5, 0.6) is 0 Å². The number of hydrogen-bond donors (Lipinski definition) is 3. The average Bonchev–Trinajstić information content (AvgIpc) is 2.96. The van der Waals surface area contributed by atoms with E-state index in [4.69, 9.17) is 5.73 Å². The van der Waals surface area contributed by atoms with E-state index >= 15 is 0 Å². The molecule has 4 amide bonds. The van der Waals surface area contributed by atoms with Crippen molar-refractivity contribution >= 4 is 36.0 Å². The fourth-order valence-electron chi connectivity index (χ4n) is 3.19. The summed E-state index contributed by atoms with van der Waals surface area (Å²) in [6.07, 6.45) is 0.521. The first kappa shape index (κ1) is 21.8. The minimum atomic E-state index is -0.662. The minimum Gasteiger partial charge on any atom is -0.351 e. The van der Waals surface area contributed by atoms with Gasteiger partial charge in [-0.25, -0.2) is 0 Å².